The second kappa shape index (κ2) is 10.8. The highest BCUT2D eigenvalue weighted by Gasteiger charge is 2.33. The number of halogens is 1. The number of fused-ring (bicyclic) bond motifs is 1. The van der Waals surface area contributed by atoms with Crippen molar-refractivity contribution < 1.29 is 19.2 Å². The zero-order chi connectivity index (χ0) is 26.9. The Labute approximate surface area is 224 Å². The van der Waals surface area contributed by atoms with E-state index in [4.69, 9.17) is 9.47 Å². The number of hydrogen-bond acceptors (Lipinski definition) is 8. The second-order valence-electron chi connectivity index (χ2n) is 8.25. The molecule has 2 heterocycles. The predicted molar refractivity (Wildman–Crippen MR) is 144 cm³/mol. The average Bonchev–Trinajstić information content (AvgIpc) is 3.14. The summed E-state index contributed by atoms with van der Waals surface area (Å²) in [4.78, 5) is 42.8. The van der Waals surface area contributed by atoms with Crippen molar-refractivity contribution in [1.29, 1.82) is 0 Å². The van der Waals surface area contributed by atoms with E-state index in [0.29, 0.717) is 30.6 Å². The van der Waals surface area contributed by atoms with Gasteiger partial charge in [0.1, 0.15) is 0 Å². The van der Waals surface area contributed by atoms with E-state index >= 15 is 0 Å². The topological polar surface area (TPSA) is 113 Å². The van der Waals surface area contributed by atoms with Gasteiger partial charge in [-0.1, -0.05) is 41.2 Å². The van der Waals surface area contributed by atoms with Crippen molar-refractivity contribution in [2.24, 2.45) is 4.99 Å². The molecule has 0 radical (unpaired) electrons. The summed E-state index contributed by atoms with van der Waals surface area (Å²) in [6, 6.07) is 9.88. The Balaban J connectivity index is 1.94. The predicted octanol–water partition coefficient (Wildman–Crippen LogP) is 4.18. The highest BCUT2D eigenvalue weighted by molar-refractivity contribution is 9.10. The minimum Gasteiger partial charge on any atom is -0.486 e. The van der Waals surface area contributed by atoms with Crippen molar-refractivity contribution in [2.45, 2.75) is 33.7 Å². The molecule has 0 amide bonds. The van der Waals surface area contributed by atoms with Gasteiger partial charge in [0.15, 0.2) is 4.80 Å². The highest BCUT2D eigenvalue weighted by atomic mass is 79.9. The van der Waals surface area contributed by atoms with E-state index < -0.39 is 16.9 Å². The van der Waals surface area contributed by atoms with Gasteiger partial charge in [-0.25, -0.2) is 9.79 Å². The lowest BCUT2D eigenvalue weighted by Gasteiger charge is -2.24. The fraction of sp³-hybridized carbons (Fsp3) is 0.269. The standard InChI is InChI=1S/C26H24BrN3O6S/c1-5-35-23-18(27)11-16(12-19(23)30(33)34)13-20-24(31)29-22(17-9-7-14(3)8-10-17)21(25(32)36-6-2)15(4)28-26(29)37-20/h7-13,22H,5-6H2,1-4H3/b20-13-/t22-/m0/s1. The van der Waals surface area contributed by atoms with Crippen molar-refractivity contribution >= 4 is 45.0 Å². The number of hydrogen-bond donors (Lipinski definition) is 0. The molecule has 0 aliphatic carbocycles. The molecule has 1 aliphatic heterocycles. The first-order chi connectivity index (χ1) is 17.7. The molecule has 1 aromatic heterocycles. The summed E-state index contributed by atoms with van der Waals surface area (Å²) < 4.78 is 12.9. The van der Waals surface area contributed by atoms with Crippen LogP contribution < -0.4 is 19.6 Å². The summed E-state index contributed by atoms with van der Waals surface area (Å²) in [6.45, 7) is 7.58. The Bertz CT molecular complexity index is 1600. The number of benzene rings is 2. The van der Waals surface area contributed by atoms with Crippen molar-refractivity contribution in [3.63, 3.8) is 0 Å². The number of nitro groups is 1. The van der Waals surface area contributed by atoms with Crippen LogP contribution in [0.25, 0.3) is 6.08 Å². The number of thiazole rings is 1. The fourth-order valence-electron chi connectivity index (χ4n) is 4.11. The molecule has 2 aromatic carbocycles. The molecule has 0 saturated heterocycles. The van der Waals surface area contributed by atoms with Gasteiger partial charge in [0.25, 0.3) is 5.56 Å². The zero-order valence-electron chi connectivity index (χ0n) is 20.6. The molecule has 0 spiro atoms. The van der Waals surface area contributed by atoms with Crippen LogP contribution in [0.5, 0.6) is 5.75 Å². The first-order valence-electron chi connectivity index (χ1n) is 11.5. The van der Waals surface area contributed by atoms with Gasteiger partial charge in [0, 0.05) is 6.07 Å². The van der Waals surface area contributed by atoms with Crippen LogP contribution in [-0.2, 0) is 9.53 Å². The smallest absolute Gasteiger partial charge is 0.338 e. The average molecular weight is 586 g/mol. The molecule has 0 unspecified atom stereocenters. The Kier molecular flexibility index (Phi) is 7.74. The van der Waals surface area contributed by atoms with Crippen LogP contribution in [0.2, 0.25) is 0 Å². The van der Waals surface area contributed by atoms with E-state index in [0.717, 1.165) is 22.5 Å². The summed E-state index contributed by atoms with van der Waals surface area (Å²) >= 11 is 4.49. The van der Waals surface area contributed by atoms with Gasteiger partial charge in [0.05, 0.1) is 44.5 Å². The van der Waals surface area contributed by atoms with Gasteiger partial charge in [0.2, 0.25) is 5.75 Å². The number of carbonyl (C=O) groups excluding carboxylic acids is 1. The Morgan fingerprint density at radius 2 is 1.92 bits per heavy atom. The normalized spacial score (nSPS) is 15.3. The number of aromatic nitrogens is 1. The summed E-state index contributed by atoms with van der Waals surface area (Å²) in [5.74, 6) is -0.408. The van der Waals surface area contributed by atoms with Crippen LogP contribution >= 0.6 is 27.3 Å². The zero-order valence-corrected chi connectivity index (χ0v) is 23.0. The molecule has 9 nitrogen and oxygen atoms in total. The summed E-state index contributed by atoms with van der Waals surface area (Å²) in [5.41, 5.74) is 2.41. The molecule has 1 atom stereocenters. The van der Waals surface area contributed by atoms with Crippen molar-refractivity contribution in [2.75, 3.05) is 13.2 Å². The first kappa shape index (κ1) is 26.5. The Morgan fingerprint density at radius 3 is 2.54 bits per heavy atom. The quantitative estimate of drug-likeness (QED) is 0.233. The Morgan fingerprint density at radius 1 is 1.22 bits per heavy atom. The number of ether oxygens (including phenoxy) is 2. The third kappa shape index (κ3) is 5.14. The maximum atomic E-state index is 13.7. The van der Waals surface area contributed by atoms with Crippen molar-refractivity contribution in [1.82, 2.24) is 4.57 Å². The molecular formula is C26H24BrN3O6S. The minimum atomic E-state index is -0.723. The van der Waals surface area contributed by atoms with Crippen molar-refractivity contribution in [3.8, 4) is 5.75 Å². The van der Waals surface area contributed by atoms with E-state index in [9.17, 15) is 19.7 Å². The lowest BCUT2D eigenvalue weighted by atomic mass is 9.95. The molecule has 0 N–H and O–H groups in total. The fourth-order valence-corrected chi connectivity index (χ4v) is 5.74. The van der Waals surface area contributed by atoms with Crippen LogP contribution in [0.1, 0.15) is 43.5 Å². The number of aryl methyl sites for hydroxylation is 1. The molecule has 37 heavy (non-hydrogen) atoms. The molecule has 3 aromatic rings. The van der Waals surface area contributed by atoms with Crippen LogP contribution in [0.15, 0.2) is 61.9 Å². The van der Waals surface area contributed by atoms with Crippen LogP contribution in [0.3, 0.4) is 0 Å². The molecule has 0 bridgehead atoms. The van der Waals surface area contributed by atoms with E-state index in [1.54, 1.807) is 32.9 Å². The van der Waals surface area contributed by atoms with Crippen molar-refractivity contribution in [3.05, 3.63) is 98.6 Å². The summed E-state index contributed by atoms with van der Waals surface area (Å²) in [5, 5.41) is 11.7. The first-order valence-corrected chi connectivity index (χ1v) is 13.1. The minimum absolute atomic E-state index is 0.125. The van der Waals surface area contributed by atoms with Crippen LogP contribution in [0.4, 0.5) is 5.69 Å². The summed E-state index contributed by atoms with van der Waals surface area (Å²) in [6.07, 6.45) is 1.58. The number of nitrogens with zero attached hydrogens (tertiary/aromatic N) is 3. The van der Waals surface area contributed by atoms with E-state index in [2.05, 4.69) is 20.9 Å². The van der Waals surface area contributed by atoms with Crippen LogP contribution in [-0.4, -0.2) is 28.7 Å². The third-order valence-corrected chi connectivity index (χ3v) is 7.31. The molecule has 1 aliphatic rings. The Hall–Kier alpha value is -3.57. The van der Waals surface area contributed by atoms with Gasteiger partial charge in [-0.2, -0.15) is 0 Å². The van der Waals surface area contributed by atoms with E-state index in [1.165, 1.54) is 10.6 Å². The molecular weight excluding hydrogens is 562 g/mol. The number of allylic oxidation sites excluding steroid dienone is 1. The number of carbonyl (C=O) groups is 1. The lowest BCUT2D eigenvalue weighted by molar-refractivity contribution is -0.385. The number of nitro benzene ring substituents is 1. The van der Waals surface area contributed by atoms with Gasteiger partial charge < -0.3 is 9.47 Å². The SMILES string of the molecule is CCOC(=O)C1=C(C)N=c2s/c(=C\c3cc(Br)c(OCC)c([N+](=O)[O-])c3)c(=O)n2[C@H]1c1ccc(C)cc1. The molecule has 0 saturated carbocycles. The van der Waals surface area contributed by atoms with Crippen LogP contribution in [0, 0.1) is 17.0 Å². The highest BCUT2D eigenvalue weighted by Crippen LogP contribution is 2.36. The molecule has 4 rings (SSSR count). The van der Waals surface area contributed by atoms with Gasteiger partial charge in [-0.15, -0.1) is 0 Å². The maximum absolute atomic E-state index is 13.7. The third-order valence-electron chi connectivity index (χ3n) is 5.74. The molecule has 11 heteroatoms. The van der Waals surface area contributed by atoms with Gasteiger partial charge >= 0.3 is 11.7 Å². The molecule has 0 fully saturated rings. The van der Waals surface area contributed by atoms with Gasteiger partial charge in [-0.05, 0) is 66.9 Å². The van der Waals surface area contributed by atoms with E-state index in [-0.39, 0.29) is 30.2 Å². The number of rotatable bonds is 7. The summed E-state index contributed by atoms with van der Waals surface area (Å²) in [7, 11) is 0. The van der Waals surface area contributed by atoms with E-state index in [1.807, 2.05) is 31.2 Å². The lowest BCUT2D eigenvalue weighted by Crippen LogP contribution is -2.39. The second-order valence-corrected chi connectivity index (χ2v) is 10.1. The largest absolute Gasteiger partial charge is 0.486 e. The molecule has 192 valence electrons. The number of esters is 1. The van der Waals surface area contributed by atoms with Gasteiger partial charge in [-0.3, -0.25) is 19.5 Å². The monoisotopic (exact) mass is 585 g/mol. The maximum Gasteiger partial charge on any atom is 0.338 e.